The highest BCUT2D eigenvalue weighted by Crippen LogP contribution is 2.27. The maximum atomic E-state index is 5.96. The lowest BCUT2D eigenvalue weighted by Gasteiger charge is -2.28. The van der Waals surface area contributed by atoms with Crippen LogP contribution in [0.25, 0.3) is 0 Å². The van der Waals surface area contributed by atoms with E-state index in [9.17, 15) is 0 Å². The van der Waals surface area contributed by atoms with E-state index in [0.717, 1.165) is 32.0 Å². The molecule has 1 unspecified atom stereocenters. The van der Waals surface area contributed by atoms with Gasteiger partial charge in [0, 0.05) is 20.2 Å². The van der Waals surface area contributed by atoms with Gasteiger partial charge in [0.05, 0.1) is 12.3 Å². The van der Waals surface area contributed by atoms with Crippen LogP contribution in [0.4, 0.5) is 11.5 Å². The quantitative estimate of drug-likeness (QED) is 0.925. The van der Waals surface area contributed by atoms with Crippen molar-refractivity contribution in [2.75, 3.05) is 37.4 Å². The molecule has 1 aromatic heterocycles. The first-order valence-corrected chi connectivity index (χ1v) is 7.59. The van der Waals surface area contributed by atoms with Gasteiger partial charge in [0.15, 0.2) is 0 Å². The van der Waals surface area contributed by atoms with Gasteiger partial charge in [-0.2, -0.15) is 4.98 Å². The number of aromatic nitrogens is 1. The van der Waals surface area contributed by atoms with E-state index in [0.29, 0.717) is 17.5 Å². The van der Waals surface area contributed by atoms with E-state index < -0.39 is 0 Å². The molecule has 0 bridgehead atoms. The highest BCUT2D eigenvalue weighted by atomic mass is 16.5. The topological polar surface area (TPSA) is 60.6 Å². The molecule has 0 aliphatic carbocycles. The number of hydrogen-bond donors (Lipinski definition) is 1. The Labute approximate surface area is 127 Å². The standard InChI is InChI=1S/C16H27N3O2/c1-16(2,3)21-15-13(17)7-8-14(18-15)19(4)10-12-6-5-9-20-11-12/h7-8,12H,5-6,9-11,17H2,1-4H3. The van der Waals surface area contributed by atoms with Crippen molar-refractivity contribution in [2.45, 2.75) is 39.2 Å². The van der Waals surface area contributed by atoms with E-state index >= 15 is 0 Å². The smallest absolute Gasteiger partial charge is 0.239 e. The van der Waals surface area contributed by atoms with E-state index in [4.69, 9.17) is 15.2 Å². The second kappa shape index (κ2) is 6.52. The zero-order chi connectivity index (χ0) is 15.5. The van der Waals surface area contributed by atoms with Crippen LogP contribution in [0.3, 0.4) is 0 Å². The molecular formula is C16H27N3O2. The molecule has 2 N–H and O–H groups in total. The van der Waals surface area contributed by atoms with Gasteiger partial charge in [0.1, 0.15) is 11.4 Å². The number of nitrogen functional groups attached to an aromatic ring is 1. The van der Waals surface area contributed by atoms with Gasteiger partial charge in [-0.1, -0.05) is 0 Å². The molecule has 5 heteroatoms. The van der Waals surface area contributed by atoms with Gasteiger partial charge in [0.2, 0.25) is 5.88 Å². The summed E-state index contributed by atoms with van der Waals surface area (Å²) in [6.07, 6.45) is 2.36. The van der Waals surface area contributed by atoms with Crippen molar-refractivity contribution < 1.29 is 9.47 Å². The summed E-state index contributed by atoms with van der Waals surface area (Å²) in [4.78, 5) is 6.71. The lowest BCUT2D eigenvalue weighted by Crippen LogP contribution is -2.31. The van der Waals surface area contributed by atoms with E-state index in [-0.39, 0.29) is 5.60 Å². The number of nitrogens with zero attached hydrogens (tertiary/aromatic N) is 2. The van der Waals surface area contributed by atoms with Gasteiger partial charge in [-0.15, -0.1) is 0 Å². The highest BCUT2D eigenvalue weighted by molar-refractivity contribution is 5.54. The van der Waals surface area contributed by atoms with E-state index in [1.807, 2.05) is 40.0 Å². The summed E-state index contributed by atoms with van der Waals surface area (Å²) in [5.74, 6) is 1.95. The van der Waals surface area contributed by atoms with Gasteiger partial charge in [0.25, 0.3) is 0 Å². The SMILES string of the molecule is CN(CC1CCCOC1)c1ccc(N)c(OC(C)(C)C)n1. The Morgan fingerprint density at radius 1 is 1.43 bits per heavy atom. The van der Waals surface area contributed by atoms with Crippen LogP contribution >= 0.6 is 0 Å². The molecule has 0 spiro atoms. The second-order valence-electron chi connectivity index (χ2n) is 6.74. The molecule has 1 atom stereocenters. The highest BCUT2D eigenvalue weighted by Gasteiger charge is 2.19. The minimum Gasteiger partial charge on any atom is -0.470 e. The Morgan fingerprint density at radius 2 is 2.19 bits per heavy atom. The first kappa shape index (κ1) is 15.9. The first-order valence-electron chi connectivity index (χ1n) is 7.59. The molecule has 0 radical (unpaired) electrons. The average Bonchev–Trinajstić information content (AvgIpc) is 2.41. The summed E-state index contributed by atoms with van der Waals surface area (Å²) in [5, 5.41) is 0. The Kier molecular flexibility index (Phi) is 4.93. The largest absolute Gasteiger partial charge is 0.470 e. The lowest BCUT2D eigenvalue weighted by atomic mass is 10.0. The molecule has 21 heavy (non-hydrogen) atoms. The average molecular weight is 293 g/mol. The number of pyridine rings is 1. The summed E-state index contributed by atoms with van der Waals surface area (Å²) in [6, 6.07) is 3.80. The van der Waals surface area contributed by atoms with Crippen LogP contribution in [0, 0.1) is 5.92 Å². The van der Waals surface area contributed by atoms with Crippen molar-refractivity contribution >= 4 is 11.5 Å². The number of anilines is 2. The monoisotopic (exact) mass is 293 g/mol. The van der Waals surface area contributed by atoms with Crippen molar-refractivity contribution in [1.29, 1.82) is 0 Å². The maximum absolute atomic E-state index is 5.96. The minimum absolute atomic E-state index is 0.310. The molecule has 1 saturated heterocycles. The van der Waals surface area contributed by atoms with Gasteiger partial charge >= 0.3 is 0 Å². The lowest BCUT2D eigenvalue weighted by molar-refractivity contribution is 0.0576. The van der Waals surface area contributed by atoms with Crippen LogP contribution in [0.2, 0.25) is 0 Å². The fourth-order valence-electron chi connectivity index (χ4n) is 2.46. The van der Waals surface area contributed by atoms with Crippen LogP contribution in [0.15, 0.2) is 12.1 Å². The van der Waals surface area contributed by atoms with Gasteiger partial charge < -0.3 is 20.1 Å². The molecule has 1 aliphatic rings. The fourth-order valence-corrected chi connectivity index (χ4v) is 2.46. The summed E-state index contributed by atoms with van der Waals surface area (Å²) in [6.45, 7) is 8.64. The predicted molar refractivity (Wildman–Crippen MR) is 85.8 cm³/mol. The number of nitrogens with two attached hydrogens (primary N) is 1. The Bertz CT molecular complexity index is 465. The van der Waals surface area contributed by atoms with Crippen molar-refractivity contribution in [1.82, 2.24) is 4.98 Å². The number of hydrogen-bond acceptors (Lipinski definition) is 5. The van der Waals surface area contributed by atoms with E-state index in [1.54, 1.807) is 0 Å². The molecule has 2 rings (SSSR count). The Balaban J connectivity index is 2.06. The van der Waals surface area contributed by atoms with E-state index in [1.165, 1.54) is 6.42 Å². The zero-order valence-corrected chi connectivity index (χ0v) is 13.6. The maximum Gasteiger partial charge on any atom is 0.239 e. The third-order valence-corrected chi connectivity index (χ3v) is 3.46. The summed E-state index contributed by atoms with van der Waals surface area (Å²) in [7, 11) is 2.05. The van der Waals surface area contributed by atoms with Gasteiger partial charge in [-0.3, -0.25) is 0 Å². The van der Waals surface area contributed by atoms with Crippen LogP contribution < -0.4 is 15.4 Å². The minimum atomic E-state index is -0.310. The third kappa shape index (κ3) is 4.77. The molecule has 1 aromatic rings. The van der Waals surface area contributed by atoms with Crippen molar-refractivity contribution in [3.8, 4) is 5.88 Å². The molecule has 5 nitrogen and oxygen atoms in total. The Hall–Kier alpha value is -1.49. The third-order valence-electron chi connectivity index (χ3n) is 3.46. The van der Waals surface area contributed by atoms with Crippen molar-refractivity contribution in [3.05, 3.63) is 12.1 Å². The molecule has 1 aliphatic heterocycles. The van der Waals surface area contributed by atoms with Crippen LogP contribution in [-0.4, -0.2) is 37.4 Å². The molecule has 0 saturated carbocycles. The predicted octanol–water partition coefficient (Wildman–Crippen LogP) is 2.70. The summed E-state index contributed by atoms with van der Waals surface area (Å²) in [5.41, 5.74) is 6.22. The summed E-state index contributed by atoms with van der Waals surface area (Å²) < 4.78 is 11.4. The summed E-state index contributed by atoms with van der Waals surface area (Å²) >= 11 is 0. The Morgan fingerprint density at radius 3 is 2.81 bits per heavy atom. The molecule has 118 valence electrons. The van der Waals surface area contributed by atoms with Crippen LogP contribution in [0.1, 0.15) is 33.6 Å². The molecule has 0 aromatic carbocycles. The van der Waals surface area contributed by atoms with Crippen LogP contribution in [0.5, 0.6) is 5.88 Å². The van der Waals surface area contributed by atoms with Crippen molar-refractivity contribution in [3.63, 3.8) is 0 Å². The van der Waals surface area contributed by atoms with Crippen molar-refractivity contribution in [2.24, 2.45) is 5.92 Å². The molecule has 2 heterocycles. The molecular weight excluding hydrogens is 266 g/mol. The van der Waals surface area contributed by atoms with Gasteiger partial charge in [-0.25, -0.2) is 0 Å². The number of ether oxygens (including phenoxy) is 2. The first-order chi connectivity index (χ1) is 9.85. The van der Waals surface area contributed by atoms with E-state index in [2.05, 4.69) is 9.88 Å². The number of rotatable bonds is 4. The molecule has 0 amide bonds. The molecule has 1 fully saturated rings. The van der Waals surface area contributed by atoms with Crippen LogP contribution in [-0.2, 0) is 4.74 Å². The normalized spacial score (nSPS) is 19.3. The van der Waals surface area contributed by atoms with Gasteiger partial charge in [-0.05, 0) is 51.7 Å². The zero-order valence-electron chi connectivity index (χ0n) is 13.6. The second-order valence-corrected chi connectivity index (χ2v) is 6.74. The fraction of sp³-hybridized carbons (Fsp3) is 0.688.